The minimum absolute atomic E-state index is 0.126. The average molecular weight is 515 g/mol. The Morgan fingerprint density at radius 2 is 1.78 bits per heavy atom. The van der Waals surface area contributed by atoms with E-state index in [1.807, 2.05) is 43.3 Å². The number of carbonyl (C=O) groups is 1. The fraction of sp³-hybridized carbons (Fsp3) is 0.208. The Hall–Kier alpha value is -2.68. The third-order valence-electron chi connectivity index (χ3n) is 5.34. The van der Waals surface area contributed by atoms with Crippen LogP contribution in [0.3, 0.4) is 0 Å². The first-order valence-electron chi connectivity index (χ1n) is 10.3. The predicted molar refractivity (Wildman–Crippen MR) is 127 cm³/mol. The molecule has 166 valence electrons. The molecule has 1 aliphatic rings. The summed E-state index contributed by atoms with van der Waals surface area (Å²) in [4.78, 5) is 13.4. The number of nitrogens with one attached hydrogen (secondary N) is 1. The summed E-state index contributed by atoms with van der Waals surface area (Å²) in [6.07, 6.45) is 0.298. The van der Waals surface area contributed by atoms with Crippen molar-refractivity contribution in [1.29, 1.82) is 0 Å². The molecule has 0 aromatic heterocycles. The number of nitrogens with zero attached hydrogens (tertiary/aromatic N) is 1. The summed E-state index contributed by atoms with van der Waals surface area (Å²) >= 11 is 3.39. The SMILES string of the molecule is CCOc1ccc(S(=O)(=O)N2Cc3ccccc3CC2C(=O)Nc2cccc(Br)c2)cc1. The van der Waals surface area contributed by atoms with Crippen molar-refractivity contribution in [3.05, 3.63) is 88.4 Å². The molecule has 0 radical (unpaired) electrons. The minimum atomic E-state index is -3.92. The Morgan fingerprint density at radius 3 is 2.47 bits per heavy atom. The van der Waals surface area contributed by atoms with Crippen LogP contribution in [0.5, 0.6) is 5.75 Å². The van der Waals surface area contributed by atoms with Crippen molar-refractivity contribution in [3.63, 3.8) is 0 Å². The van der Waals surface area contributed by atoms with Crippen LogP contribution in [-0.4, -0.2) is 31.3 Å². The molecule has 1 N–H and O–H groups in total. The molecule has 32 heavy (non-hydrogen) atoms. The quantitative estimate of drug-likeness (QED) is 0.521. The molecular weight excluding hydrogens is 492 g/mol. The molecule has 0 spiro atoms. The summed E-state index contributed by atoms with van der Waals surface area (Å²) in [5.41, 5.74) is 2.47. The molecule has 0 saturated carbocycles. The zero-order valence-corrected chi connectivity index (χ0v) is 19.9. The Balaban J connectivity index is 1.68. The van der Waals surface area contributed by atoms with Gasteiger partial charge in [0, 0.05) is 16.7 Å². The number of anilines is 1. The number of ether oxygens (including phenoxy) is 1. The maximum Gasteiger partial charge on any atom is 0.244 e. The first kappa shape index (κ1) is 22.5. The molecule has 6 nitrogen and oxygen atoms in total. The smallest absolute Gasteiger partial charge is 0.244 e. The van der Waals surface area contributed by atoms with E-state index in [1.165, 1.54) is 16.4 Å². The van der Waals surface area contributed by atoms with Crippen molar-refractivity contribution in [2.24, 2.45) is 0 Å². The van der Waals surface area contributed by atoms with Crippen molar-refractivity contribution in [3.8, 4) is 5.75 Å². The van der Waals surface area contributed by atoms with Gasteiger partial charge in [-0.2, -0.15) is 4.31 Å². The molecule has 0 saturated heterocycles. The molecule has 1 atom stereocenters. The first-order valence-corrected chi connectivity index (χ1v) is 12.5. The summed E-state index contributed by atoms with van der Waals surface area (Å²) in [6.45, 7) is 2.49. The Bertz CT molecular complexity index is 1230. The maximum atomic E-state index is 13.6. The van der Waals surface area contributed by atoms with Crippen molar-refractivity contribution in [2.45, 2.75) is 30.8 Å². The number of halogens is 1. The van der Waals surface area contributed by atoms with Gasteiger partial charge in [-0.3, -0.25) is 4.79 Å². The van der Waals surface area contributed by atoms with Crippen LogP contribution >= 0.6 is 15.9 Å². The van der Waals surface area contributed by atoms with E-state index >= 15 is 0 Å². The van der Waals surface area contributed by atoms with Crippen LogP contribution in [0.2, 0.25) is 0 Å². The number of rotatable bonds is 6. The van der Waals surface area contributed by atoms with E-state index in [0.717, 1.165) is 15.6 Å². The van der Waals surface area contributed by atoms with Crippen molar-refractivity contribution in [2.75, 3.05) is 11.9 Å². The van der Waals surface area contributed by atoms with E-state index < -0.39 is 16.1 Å². The topological polar surface area (TPSA) is 75.7 Å². The monoisotopic (exact) mass is 514 g/mol. The molecule has 0 bridgehead atoms. The summed E-state index contributed by atoms with van der Waals surface area (Å²) in [5.74, 6) is 0.228. The van der Waals surface area contributed by atoms with Crippen LogP contribution in [0, 0.1) is 0 Å². The lowest BCUT2D eigenvalue weighted by Crippen LogP contribution is -2.50. The molecule has 1 amide bonds. The van der Waals surface area contributed by atoms with E-state index in [4.69, 9.17) is 4.74 Å². The minimum Gasteiger partial charge on any atom is -0.494 e. The molecule has 4 rings (SSSR count). The van der Waals surface area contributed by atoms with Gasteiger partial charge in [0.25, 0.3) is 0 Å². The fourth-order valence-electron chi connectivity index (χ4n) is 3.78. The van der Waals surface area contributed by atoms with E-state index in [9.17, 15) is 13.2 Å². The van der Waals surface area contributed by atoms with Crippen LogP contribution in [0.25, 0.3) is 0 Å². The lowest BCUT2D eigenvalue weighted by Gasteiger charge is -2.35. The molecule has 1 unspecified atom stereocenters. The van der Waals surface area contributed by atoms with Gasteiger partial charge >= 0.3 is 0 Å². The van der Waals surface area contributed by atoms with E-state index in [1.54, 1.807) is 24.3 Å². The van der Waals surface area contributed by atoms with Crippen molar-refractivity contribution in [1.82, 2.24) is 4.31 Å². The molecule has 3 aromatic carbocycles. The first-order chi connectivity index (χ1) is 15.4. The number of amides is 1. The van der Waals surface area contributed by atoms with Crippen molar-refractivity contribution < 1.29 is 17.9 Å². The van der Waals surface area contributed by atoms with E-state index in [2.05, 4.69) is 21.2 Å². The van der Waals surface area contributed by atoms with Crippen LogP contribution in [0.15, 0.2) is 82.2 Å². The van der Waals surface area contributed by atoms with Gasteiger partial charge in [-0.25, -0.2) is 8.42 Å². The Labute approximate surface area is 196 Å². The second-order valence-corrected chi connectivity index (χ2v) is 10.2. The van der Waals surface area contributed by atoms with Gasteiger partial charge in [0.15, 0.2) is 0 Å². The summed E-state index contributed by atoms with van der Waals surface area (Å²) in [6, 6.07) is 20.3. The fourth-order valence-corrected chi connectivity index (χ4v) is 5.74. The molecule has 0 aliphatic carbocycles. The van der Waals surface area contributed by atoms with Gasteiger partial charge in [-0.1, -0.05) is 46.3 Å². The second kappa shape index (κ2) is 9.44. The standard InChI is InChI=1S/C24H23BrN2O4S/c1-2-31-21-10-12-22(13-11-21)32(29,30)27-16-18-7-4-3-6-17(18)14-23(27)24(28)26-20-9-5-8-19(25)15-20/h3-13,15,23H,2,14,16H2,1H3,(H,26,28). The Morgan fingerprint density at radius 1 is 1.06 bits per heavy atom. The second-order valence-electron chi connectivity index (χ2n) is 7.44. The van der Waals surface area contributed by atoms with Crippen LogP contribution in [0.1, 0.15) is 18.1 Å². The predicted octanol–water partition coefficient (Wildman–Crippen LogP) is 4.60. The van der Waals surface area contributed by atoms with Gasteiger partial charge in [0.1, 0.15) is 11.8 Å². The molecule has 0 fully saturated rings. The zero-order chi connectivity index (χ0) is 22.7. The lowest BCUT2D eigenvalue weighted by atomic mass is 9.95. The van der Waals surface area contributed by atoms with Gasteiger partial charge in [-0.15, -0.1) is 0 Å². The normalized spacial score (nSPS) is 16.2. The van der Waals surface area contributed by atoms with Gasteiger partial charge in [0.2, 0.25) is 15.9 Å². The number of carbonyl (C=O) groups excluding carboxylic acids is 1. The third kappa shape index (κ3) is 4.72. The summed E-state index contributed by atoms with van der Waals surface area (Å²) in [5, 5.41) is 2.87. The number of hydrogen-bond donors (Lipinski definition) is 1. The summed E-state index contributed by atoms with van der Waals surface area (Å²) < 4.78 is 34.7. The lowest BCUT2D eigenvalue weighted by molar-refractivity contribution is -0.120. The third-order valence-corrected chi connectivity index (χ3v) is 7.70. The Kier molecular flexibility index (Phi) is 6.64. The highest BCUT2D eigenvalue weighted by Gasteiger charge is 2.39. The molecule has 1 aliphatic heterocycles. The molecule has 1 heterocycles. The van der Waals surface area contributed by atoms with E-state index in [-0.39, 0.29) is 17.3 Å². The van der Waals surface area contributed by atoms with Crippen LogP contribution in [-0.2, 0) is 27.8 Å². The highest BCUT2D eigenvalue weighted by Crippen LogP contribution is 2.30. The van der Waals surface area contributed by atoms with Gasteiger partial charge < -0.3 is 10.1 Å². The highest BCUT2D eigenvalue weighted by atomic mass is 79.9. The summed E-state index contributed by atoms with van der Waals surface area (Å²) in [7, 11) is -3.92. The average Bonchev–Trinajstić information content (AvgIpc) is 2.79. The highest BCUT2D eigenvalue weighted by molar-refractivity contribution is 9.10. The van der Waals surface area contributed by atoms with Gasteiger partial charge in [-0.05, 0) is 66.9 Å². The van der Waals surface area contributed by atoms with Gasteiger partial charge in [0.05, 0.1) is 11.5 Å². The largest absolute Gasteiger partial charge is 0.494 e. The maximum absolute atomic E-state index is 13.6. The van der Waals surface area contributed by atoms with Crippen molar-refractivity contribution >= 4 is 37.5 Å². The van der Waals surface area contributed by atoms with Crippen LogP contribution < -0.4 is 10.1 Å². The van der Waals surface area contributed by atoms with Crippen LogP contribution in [0.4, 0.5) is 5.69 Å². The number of hydrogen-bond acceptors (Lipinski definition) is 4. The number of sulfonamides is 1. The zero-order valence-electron chi connectivity index (χ0n) is 17.5. The molecular formula is C24H23BrN2O4S. The molecule has 8 heteroatoms. The van der Waals surface area contributed by atoms with E-state index in [0.29, 0.717) is 24.5 Å². The number of benzene rings is 3. The molecule has 3 aromatic rings. The number of fused-ring (bicyclic) bond motifs is 1.